The molecular formula is C13H11BrCl2N2OS. The highest BCUT2D eigenvalue weighted by atomic mass is 79.9. The number of hydrogen-bond acceptors (Lipinski definition) is 3. The van der Waals surface area contributed by atoms with Crippen LogP contribution in [0, 0.1) is 0 Å². The largest absolute Gasteiger partial charge is 0.301 e. The molecule has 0 aliphatic heterocycles. The van der Waals surface area contributed by atoms with Crippen molar-refractivity contribution in [1.29, 1.82) is 0 Å². The zero-order valence-corrected chi connectivity index (χ0v) is 14.6. The van der Waals surface area contributed by atoms with Crippen molar-refractivity contribution in [3.63, 3.8) is 0 Å². The van der Waals surface area contributed by atoms with Crippen molar-refractivity contribution in [2.45, 2.75) is 18.2 Å². The molecule has 1 heterocycles. The summed E-state index contributed by atoms with van der Waals surface area (Å²) < 4.78 is -0.636. The second kappa shape index (κ2) is 6.02. The van der Waals surface area contributed by atoms with Gasteiger partial charge in [0.05, 0.1) is 20.1 Å². The third-order valence-electron chi connectivity index (χ3n) is 2.48. The van der Waals surface area contributed by atoms with Crippen LogP contribution in [0.5, 0.6) is 0 Å². The van der Waals surface area contributed by atoms with Gasteiger partial charge in [-0.1, -0.05) is 45.2 Å². The van der Waals surface area contributed by atoms with Crippen molar-refractivity contribution >= 4 is 61.5 Å². The number of carbonyl (C=O) groups excluding carboxylic acids is 1. The molecule has 0 saturated heterocycles. The number of anilines is 1. The smallest absolute Gasteiger partial charge is 0.242 e. The molecule has 0 bridgehead atoms. The fourth-order valence-corrected chi connectivity index (χ4v) is 2.48. The van der Waals surface area contributed by atoms with Crippen LogP contribution in [0.3, 0.4) is 0 Å². The van der Waals surface area contributed by atoms with E-state index in [0.717, 1.165) is 11.3 Å². The molecule has 1 aromatic heterocycles. The van der Waals surface area contributed by atoms with Crippen molar-refractivity contribution in [2.24, 2.45) is 0 Å². The van der Waals surface area contributed by atoms with Gasteiger partial charge in [0.25, 0.3) is 0 Å². The Bertz CT molecular complexity index is 652. The Kier molecular flexibility index (Phi) is 4.74. The van der Waals surface area contributed by atoms with Crippen LogP contribution >= 0.6 is 50.5 Å². The highest BCUT2D eigenvalue weighted by Crippen LogP contribution is 2.31. The van der Waals surface area contributed by atoms with E-state index in [0.29, 0.717) is 15.2 Å². The Balaban J connectivity index is 2.21. The van der Waals surface area contributed by atoms with Crippen LogP contribution in [0.2, 0.25) is 10.0 Å². The molecule has 2 aromatic rings. The maximum atomic E-state index is 11.8. The van der Waals surface area contributed by atoms with Gasteiger partial charge in [-0.15, -0.1) is 11.3 Å². The van der Waals surface area contributed by atoms with Crippen LogP contribution in [0.1, 0.15) is 13.8 Å². The lowest BCUT2D eigenvalue weighted by molar-refractivity contribution is -0.117. The molecule has 0 fully saturated rings. The summed E-state index contributed by atoms with van der Waals surface area (Å²) in [6.45, 7) is 3.55. The molecule has 0 aliphatic carbocycles. The first-order chi connectivity index (χ1) is 9.27. The predicted octanol–water partition coefficient (Wildman–Crippen LogP) is 5.23. The van der Waals surface area contributed by atoms with Gasteiger partial charge in [0.15, 0.2) is 5.13 Å². The number of carbonyl (C=O) groups is 1. The molecule has 2 rings (SSSR count). The third kappa shape index (κ3) is 3.73. The Morgan fingerprint density at radius 2 is 2.05 bits per heavy atom. The number of amides is 1. The molecule has 0 aliphatic rings. The van der Waals surface area contributed by atoms with Crippen molar-refractivity contribution in [3.8, 4) is 11.3 Å². The van der Waals surface area contributed by atoms with E-state index >= 15 is 0 Å². The van der Waals surface area contributed by atoms with Crippen molar-refractivity contribution in [2.75, 3.05) is 5.32 Å². The highest BCUT2D eigenvalue weighted by Gasteiger charge is 2.24. The lowest BCUT2D eigenvalue weighted by Crippen LogP contribution is -2.30. The van der Waals surface area contributed by atoms with Crippen molar-refractivity contribution in [3.05, 3.63) is 33.6 Å². The third-order valence-corrected chi connectivity index (χ3v) is 4.34. The van der Waals surface area contributed by atoms with Crippen LogP contribution in [0.15, 0.2) is 23.6 Å². The zero-order chi connectivity index (χ0) is 14.9. The number of nitrogens with one attached hydrogen (secondary N) is 1. The molecule has 106 valence electrons. The molecule has 0 atom stereocenters. The van der Waals surface area contributed by atoms with E-state index in [9.17, 15) is 4.79 Å². The van der Waals surface area contributed by atoms with Gasteiger partial charge in [-0.25, -0.2) is 4.98 Å². The zero-order valence-electron chi connectivity index (χ0n) is 10.7. The fraction of sp³-hybridized carbons (Fsp3) is 0.231. The Hall–Kier alpha value is -0.620. The van der Waals surface area contributed by atoms with E-state index < -0.39 is 4.32 Å². The molecule has 0 unspecified atom stereocenters. The summed E-state index contributed by atoms with van der Waals surface area (Å²) in [6.07, 6.45) is 0. The minimum absolute atomic E-state index is 0.146. The Morgan fingerprint density at radius 1 is 1.35 bits per heavy atom. The monoisotopic (exact) mass is 392 g/mol. The van der Waals surface area contributed by atoms with E-state index in [-0.39, 0.29) is 5.91 Å². The fourth-order valence-electron chi connectivity index (χ4n) is 1.36. The second-order valence-electron chi connectivity index (χ2n) is 4.59. The lowest BCUT2D eigenvalue weighted by atomic mass is 10.2. The number of rotatable bonds is 3. The van der Waals surface area contributed by atoms with Gasteiger partial charge in [0, 0.05) is 10.9 Å². The molecule has 20 heavy (non-hydrogen) atoms. The van der Waals surface area contributed by atoms with Gasteiger partial charge in [0.2, 0.25) is 5.91 Å². The van der Waals surface area contributed by atoms with Gasteiger partial charge in [0.1, 0.15) is 0 Å². The van der Waals surface area contributed by atoms with Gasteiger partial charge in [-0.05, 0) is 26.0 Å². The second-order valence-corrected chi connectivity index (χ2v) is 8.25. The van der Waals surface area contributed by atoms with Crippen LogP contribution in [0.25, 0.3) is 11.3 Å². The number of alkyl halides is 1. The summed E-state index contributed by atoms with van der Waals surface area (Å²) in [5.74, 6) is -0.146. The SMILES string of the molecule is CC(C)(Br)C(=O)Nc1nc(-c2ccc(Cl)c(Cl)c2)cs1. The molecule has 3 nitrogen and oxygen atoms in total. The average Bonchev–Trinajstić information content (AvgIpc) is 2.80. The standard InChI is InChI=1S/C13H11BrCl2N2OS/c1-13(2,14)11(19)18-12-17-10(6-20-12)7-3-4-8(15)9(16)5-7/h3-6H,1-2H3,(H,17,18,19). The molecule has 0 spiro atoms. The number of aromatic nitrogens is 1. The van der Waals surface area contributed by atoms with Gasteiger partial charge < -0.3 is 5.32 Å². The summed E-state index contributed by atoms with van der Waals surface area (Å²) in [6, 6.07) is 5.31. The molecule has 7 heteroatoms. The van der Waals surface area contributed by atoms with E-state index in [2.05, 4.69) is 26.2 Å². The number of thiazole rings is 1. The first-order valence-corrected chi connectivity index (χ1v) is 8.11. The van der Waals surface area contributed by atoms with E-state index in [1.807, 2.05) is 11.4 Å². The summed E-state index contributed by atoms with van der Waals surface area (Å²) in [7, 11) is 0. The van der Waals surface area contributed by atoms with Crippen LogP contribution in [-0.4, -0.2) is 15.2 Å². The quantitative estimate of drug-likeness (QED) is 0.725. The number of halogens is 3. The predicted molar refractivity (Wildman–Crippen MR) is 89.2 cm³/mol. The first-order valence-electron chi connectivity index (χ1n) is 5.68. The summed E-state index contributed by atoms with van der Waals surface area (Å²) in [4.78, 5) is 16.2. The van der Waals surface area contributed by atoms with E-state index in [4.69, 9.17) is 23.2 Å². The molecule has 0 radical (unpaired) electrons. The van der Waals surface area contributed by atoms with E-state index in [1.165, 1.54) is 11.3 Å². The Labute approximate surface area is 139 Å². The van der Waals surface area contributed by atoms with Gasteiger partial charge in [-0.2, -0.15) is 0 Å². The normalized spacial score (nSPS) is 11.4. The van der Waals surface area contributed by atoms with Gasteiger partial charge in [-0.3, -0.25) is 4.79 Å². The molecule has 0 saturated carbocycles. The number of hydrogen-bond donors (Lipinski definition) is 1. The highest BCUT2D eigenvalue weighted by molar-refractivity contribution is 9.10. The molecule has 1 amide bonds. The lowest BCUT2D eigenvalue weighted by Gasteiger charge is -2.13. The summed E-state index contributed by atoms with van der Waals surface area (Å²) in [5.41, 5.74) is 1.60. The van der Waals surface area contributed by atoms with Crippen molar-refractivity contribution < 1.29 is 4.79 Å². The maximum Gasteiger partial charge on any atom is 0.242 e. The Morgan fingerprint density at radius 3 is 2.65 bits per heavy atom. The topological polar surface area (TPSA) is 42.0 Å². The molecule has 1 aromatic carbocycles. The maximum absolute atomic E-state index is 11.8. The number of benzene rings is 1. The minimum atomic E-state index is -0.636. The first kappa shape index (κ1) is 15.8. The summed E-state index contributed by atoms with van der Waals surface area (Å²) >= 11 is 16.5. The summed E-state index contributed by atoms with van der Waals surface area (Å²) in [5, 5.41) is 6.14. The van der Waals surface area contributed by atoms with Crippen molar-refractivity contribution in [1.82, 2.24) is 4.98 Å². The van der Waals surface area contributed by atoms with Gasteiger partial charge >= 0.3 is 0 Å². The van der Waals surface area contributed by atoms with Crippen LogP contribution < -0.4 is 5.32 Å². The molecule has 1 N–H and O–H groups in total. The minimum Gasteiger partial charge on any atom is -0.301 e. The molecular weight excluding hydrogens is 383 g/mol. The van der Waals surface area contributed by atoms with Crippen LogP contribution in [0.4, 0.5) is 5.13 Å². The number of nitrogens with zero attached hydrogens (tertiary/aromatic N) is 1. The van der Waals surface area contributed by atoms with Crippen LogP contribution in [-0.2, 0) is 4.79 Å². The van der Waals surface area contributed by atoms with E-state index in [1.54, 1.807) is 26.0 Å². The average molecular weight is 394 g/mol.